The number of aryl methyl sites for hydroxylation is 1. The van der Waals surface area contributed by atoms with Crippen molar-refractivity contribution in [2.75, 3.05) is 0 Å². The lowest BCUT2D eigenvalue weighted by Gasteiger charge is -2.08. The van der Waals surface area contributed by atoms with E-state index in [1.54, 1.807) is 0 Å². The normalized spacial score (nSPS) is 12.3. The summed E-state index contributed by atoms with van der Waals surface area (Å²) in [5, 5.41) is 18.9. The zero-order chi connectivity index (χ0) is 13.0. The van der Waals surface area contributed by atoms with Gasteiger partial charge in [0.05, 0.1) is 6.26 Å². The second-order valence-corrected chi connectivity index (χ2v) is 4.04. The molecule has 0 radical (unpaired) electrons. The van der Waals surface area contributed by atoms with E-state index in [-0.39, 0.29) is 11.3 Å². The van der Waals surface area contributed by atoms with E-state index in [4.69, 9.17) is 9.52 Å². The first-order valence-corrected chi connectivity index (χ1v) is 5.71. The molecule has 0 saturated heterocycles. The maximum Gasteiger partial charge on any atom is 0.339 e. The summed E-state index contributed by atoms with van der Waals surface area (Å²) >= 11 is 0. The van der Waals surface area contributed by atoms with Crippen LogP contribution in [-0.2, 0) is 6.42 Å². The second-order valence-electron chi connectivity index (χ2n) is 4.04. The van der Waals surface area contributed by atoms with E-state index in [0.29, 0.717) is 12.8 Å². The van der Waals surface area contributed by atoms with Crippen LogP contribution in [0.2, 0.25) is 0 Å². The lowest BCUT2D eigenvalue weighted by Crippen LogP contribution is -2.05. The Morgan fingerprint density at radius 1 is 1.22 bits per heavy atom. The predicted molar refractivity (Wildman–Crippen MR) is 65.4 cm³/mol. The number of carboxylic acid groups (broad SMARTS) is 1. The van der Waals surface area contributed by atoms with E-state index in [2.05, 4.69) is 0 Å². The van der Waals surface area contributed by atoms with Crippen LogP contribution in [0.25, 0.3) is 0 Å². The molecule has 0 amide bonds. The molecule has 0 saturated carbocycles. The molecule has 94 valence electrons. The highest BCUT2D eigenvalue weighted by Gasteiger charge is 2.20. The Morgan fingerprint density at radius 2 is 1.94 bits per heavy atom. The third-order valence-corrected chi connectivity index (χ3v) is 2.78. The van der Waals surface area contributed by atoms with Gasteiger partial charge in [-0.05, 0) is 24.5 Å². The summed E-state index contributed by atoms with van der Waals surface area (Å²) in [6.07, 6.45) is 1.48. The fourth-order valence-corrected chi connectivity index (χ4v) is 1.83. The lowest BCUT2D eigenvalue weighted by molar-refractivity contribution is 0.0681. The molecule has 1 heterocycles. The van der Waals surface area contributed by atoms with Crippen molar-refractivity contribution in [2.45, 2.75) is 18.9 Å². The van der Waals surface area contributed by atoms with Gasteiger partial charge in [0.15, 0.2) is 0 Å². The summed E-state index contributed by atoms with van der Waals surface area (Å²) in [7, 11) is 0. The highest BCUT2D eigenvalue weighted by atomic mass is 16.4. The third kappa shape index (κ3) is 2.78. The minimum absolute atomic E-state index is 0.0237. The van der Waals surface area contributed by atoms with Crippen LogP contribution in [-0.4, -0.2) is 16.2 Å². The molecule has 4 nitrogen and oxygen atoms in total. The summed E-state index contributed by atoms with van der Waals surface area (Å²) in [5.41, 5.74) is 1.12. The first-order valence-electron chi connectivity index (χ1n) is 5.71. The van der Waals surface area contributed by atoms with Crippen molar-refractivity contribution in [3.8, 4) is 0 Å². The van der Waals surface area contributed by atoms with Crippen molar-refractivity contribution in [3.63, 3.8) is 0 Å². The maximum absolute atomic E-state index is 10.9. The van der Waals surface area contributed by atoms with E-state index in [9.17, 15) is 9.90 Å². The van der Waals surface area contributed by atoms with Gasteiger partial charge in [0.1, 0.15) is 17.4 Å². The van der Waals surface area contributed by atoms with Gasteiger partial charge in [0.25, 0.3) is 0 Å². The SMILES string of the molecule is O=C(O)c1ccoc1C(O)CCc1ccccc1. The molecule has 1 unspecified atom stereocenters. The molecule has 0 aliphatic carbocycles. The Balaban J connectivity index is 2.02. The molecule has 0 fully saturated rings. The van der Waals surface area contributed by atoms with Gasteiger partial charge in [-0.15, -0.1) is 0 Å². The zero-order valence-electron chi connectivity index (χ0n) is 9.74. The Morgan fingerprint density at radius 3 is 2.61 bits per heavy atom. The van der Waals surface area contributed by atoms with Gasteiger partial charge in [-0.3, -0.25) is 0 Å². The number of carboxylic acids is 1. The number of aliphatic hydroxyl groups excluding tert-OH is 1. The van der Waals surface area contributed by atoms with Crippen molar-refractivity contribution in [3.05, 3.63) is 59.5 Å². The van der Waals surface area contributed by atoms with Crippen molar-refractivity contribution in [2.24, 2.45) is 0 Å². The third-order valence-electron chi connectivity index (χ3n) is 2.78. The number of hydrogen-bond donors (Lipinski definition) is 2. The lowest BCUT2D eigenvalue weighted by atomic mass is 10.0. The van der Waals surface area contributed by atoms with Crippen LogP contribution >= 0.6 is 0 Å². The maximum atomic E-state index is 10.9. The van der Waals surface area contributed by atoms with Crippen molar-refractivity contribution >= 4 is 5.97 Å². The molecule has 2 aromatic rings. The Hall–Kier alpha value is -2.07. The van der Waals surface area contributed by atoms with Gasteiger partial charge in [0.2, 0.25) is 0 Å². The van der Waals surface area contributed by atoms with Crippen LogP contribution in [0.15, 0.2) is 47.1 Å². The van der Waals surface area contributed by atoms with Gasteiger partial charge < -0.3 is 14.6 Å². The summed E-state index contributed by atoms with van der Waals surface area (Å²) in [5.74, 6) is -0.962. The fraction of sp³-hybridized carbons (Fsp3) is 0.214. The Labute approximate surface area is 104 Å². The fourth-order valence-electron chi connectivity index (χ4n) is 1.83. The topological polar surface area (TPSA) is 70.7 Å². The molecule has 1 aromatic carbocycles. The highest BCUT2D eigenvalue weighted by Crippen LogP contribution is 2.23. The van der Waals surface area contributed by atoms with Crippen molar-refractivity contribution in [1.82, 2.24) is 0 Å². The minimum atomic E-state index is -1.09. The molecule has 1 atom stereocenters. The molecule has 18 heavy (non-hydrogen) atoms. The summed E-state index contributed by atoms with van der Waals surface area (Å²) in [4.78, 5) is 10.9. The summed E-state index contributed by atoms with van der Waals surface area (Å²) in [6.45, 7) is 0. The zero-order valence-corrected chi connectivity index (χ0v) is 9.74. The molecule has 0 aliphatic rings. The molecular weight excluding hydrogens is 232 g/mol. The molecule has 2 N–H and O–H groups in total. The van der Waals surface area contributed by atoms with E-state index < -0.39 is 12.1 Å². The first kappa shape index (κ1) is 12.4. The number of benzene rings is 1. The average molecular weight is 246 g/mol. The van der Waals surface area contributed by atoms with Crippen LogP contribution in [0.3, 0.4) is 0 Å². The van der Waals surface area contributed by atoms with Gasteiger partial charge >= 0.3 is 5.97 Å². The molecule has 0 spiro atoms. The molecular formula is C14H14O4. The minimum Gasteiger partial charge on any atom is -0.478 e. The van der Waals surface area contributed by atoms with Gasteiger partial charge in [-0.1, -0.05) is 30.3 Å². The monoisotopic (exact) mass is 246 g/mol. The standard InChI is InChI=1S/C14H14O4/c15-12(7-6-10-4-2-1-3-5-10)13-11(14(16)17)8-9-18-13/h1-5,8-9,12,15H,6-7H2,(H,16,17). The summed E-state index contributed by atoms with van der Waals surface area (Å²) in [6, 6.07) is 11.1. The van der Waals surface area contributed by atoms with Crippen LogP contribution in [0.4, 0.5) is 0 Å². The Bertz CT molecular complexity index is 516. The van der Waals surface area contributed by atoms with Crippen molar-refractivity contribution < 1.29 is 19.4 Å². The quantitative estimate of drug-likeness (QED) is 0.850. The largest absolute Gasteiger partial charge is 0.478 e. The second kappa shape index (κ2) is 5.51. The number of furan rings is 1. The summed E-state index contributed by atoms with van der Waals surface area (Å²) < 4.78 is 5.05. The smallest absolute Gasteiger partial charge is 0.339 e. The number of aliphatic hydroxyl groups is 1. The number of aromatic carboxylic acids is 1. The number of hydrogen-bond acceptors (Lipinski definition) is 3. The molecule has 4 heteroatoms. The molecule has 2 rings (SSSR count). The predicted octanol–water partition coefficient (Wildman–Crippen LogP) is 2.64. The van der Waals surface area contributed by atoms with Crippen LogP contribution in [0.1, 0.15) is 34.2 Å². The molecule has 0 bridgehead atoms. The number of carbonyl (C=O) groups is 1. The number of rotatable bonds is 5. The Kier molecular flexibility index (Phi) is 3.79. The van der Waals surface area contributed by atoms with Gasteiger partial charge in [0, 0.05) is 0 Å². The highest BCUT2D eigenvalue weighted by molar-refractivity contribution is 5.88. The first-order chi connectivity index (χ1) is 8.68. The molecule has 0 aliphatic heterocycles. The van der Waals surface area contributed by atoms with Crippen LogP contribution in [0, 0.1) is 0 Å². The van der Waals surface area contributed by atoms with Crippen molar-refractivity contribution in [1.29, 1.82) is 0 Å². The van der Waals surface area contributed by atoms with E-state index >= 15 is 0 Å². The van der Waals surface area contributed by atoms with E-state index in [1.807, 2.05) is 30.3 Å². The average Bonchev–Trinajstić information content (AvgIpc) is 2.86. The van der Waals surface area contributed by atoms with E-state index in [0.717, 1.165) is 5.56 Å². The van der Waals surface area contributed by atoms with Gasteiger partial charge in [-0.2, -0.15) is 0 Å². The van der Waals surface area contributed by atoms with Gasteiger partial charge in [-0.25, -0.2) is 4.79 Å². The van der Waals surface area contributed by atoms with Crippen LogP contribution < -0.4 is 0 Å². The van der Waals surface area contributed by atoms with Crippen LogP contribution in [0.5, 0.6) is 0 Å². The molecule has 1 aromatic heterocycles. The van der Waals surface area contributed by atoms with E-state index in [1.165, 1.54) is 12.3 Å².